The van der Waals surface area contributed by atoms with Crippen LogP contribution in [0.1, 0.15) is 38.6 Å². The summed E-state index contributed by atoms with van der Waals surface area (Å²) in [7, 11) is 3.31. The molecule has 2 atom stereocenters. The Labute approximate surface area is 158 Å². The van der Waals surface area contributed by atoms with Gasteiger partial charge in [0, 0.05) is 18.7 Å². The van der Waals surface area contributed by atoms with Crippen LogP contribution in [0, 0.1) is 5.92 Å². The van der Waals surface area contributed by atoms with E-state index < -0.39 is 0 Å². The van der Waals surface area contributed by atoms with E-state index in [1.807, 2.05) is 24.3 Å². The van der Waals surface area contributed by atoms with Gasteiger partial charge in [0.05, 0.1) is 12.9 Å². The molecule has 1 fully saturated rings. The van der Waals surface area contributed by atoms with Gasteiger partial charge in [-0.05, 0) is 43.0 Å². The topological polar surface area (TPSA) is 69.0 Å². The smallest absolute Gasteiger partial charge is 0.230 e. The summed E-state index contributed by atoms with van der Waals surface area (Å²) in [4.78, 5) is 11.7. The molecule has 1 aliphatic rings. The first-order chi connectivity index (χ1) is 12.6. The maximum atomic E-state index is 11.7. The zero-order valence-electron chi connectivity index (χ0n) is 15.6. The molecule has 1 heterocycles. The first-order valence-electron chi connectivity index (χ1n) is 9.06. The number of nitrogens with one attached hydrogen (secondary N) is 1. The lowest BCUT2D eigenvalue weighted by atomic mass is 9.85. The minimum Gasteiger partial charge on any atom is -0.497 e. The van der Waals surface area contributed by atoms with Crippen LogP contribution in [0.5, 0.6) is 5.75 Å². The zero-order valence-corrected chi connectivity index (χ0v) is 16.4. The van der Waals surface area contributed by atoms with Gasteiger partial charge in [-0.1, -0.05) is 31.5 Å². The van der Waals surface area contributed by atoms with Crippen molar-refractivity contribution in [2.24, 2.45) is 5.92 Å². The molecule has 0 bridgehead atoms. The van der Waals surface area contributed by atoms with Crippen LogP contribution < -0.4 is 10.1 Å². The van der Waals surface area contributed by atoms with Crippen LogP contribution in [0.2, 0.25) is 0 Å². The van der Waals surface area contributed by atoms with Crippen molar-refractivity contribution < 1.29 is 9.53 Å². The Morgan fingerprint density at radius 2 is 2.00 bits per heavy atom. The number of hydrogen-bond acceptors (Lipinski definition) is 5. The fourth-order valence-corrected chi connectivity index (χ4v) is 4.36. The fraction of sp³-hybridized carbons (Fsp3) is 0.526. The average Bonchev–Trinajstić information content (AvgIpc) is 3.10. The molecule has 1 amide bonds. The summed E-state index contributed by atoms with van der Waals surface area (Å²) in [6, 6.07) is 8.27. The summed E-state index contributed by atoms with van der Waals surface area (Å²) in [5, 5.41) is 12.4. The number of amides is 1. The fourth-order valence-electron chi connectivity index (χ4n) is 3.49. The van der Waals surface area contributed by atoms with Crippen molar-refractivity contribution in [3.8, 4) is 17.1 Å². The van der Waals surface area contributed by atoms with Crippen molar-refractivity contribution in [1.82, 2.24) is 20.1 Å². The predicted molar refractivity (Wildman–Crippen MR) is 103 cm³/mol. The van der Waals surface area contributed by atoms with Crippen LogP contribution in [0.15, 0.2) is 29.4 Å². The highest BCUT2D eigenvalue weighted by molar-refractivity contribution is 7.99. The Bertz CT molecular complexity index is 744. The number of methoxy groups -OCH3 is 1. The Balaban J connectivity index is 1.97. The van der Waals surface area contributed by atoms with Gasteiger partial charge >= 0.3 is 0 Å². The second-order valence-electron chi connectivity index (χ2n) is 6.70. The summed E-state index contributed by atoms with van der Waals surface area (Å²) >= 11 is 1.45. The summed E-state index contributed by atoms with van der Waals surface area (Å²) in [5.41, 5.74) is 1.02. The number of hydrogen-bond donors (Lipinski definition) is 1. The molecule has 0 aliphatic heterocycles. The van der Waals surface area contributed by atoms with Crippen molar-refractivity contribution in [3.63, 3.8) is 0 Å². The third-order valence-corrected chi connectivity index (χ3v) is 5.96. The van der Waals surface area contributed by atoms with Crippen molar-refractivity contribution in [2.75, 3.05) is 19.9 Å². The Morgan fingerprint density at radius 1 is 1.27 bits per heavy atom. The zero-order chi connectivity index (χ0) is 18.5. The maximum Gasteiger partial charge on any atom is 0.230 e. The minimum atomic E-state index is -0.00719. The molecule has 6 nitrogen and oxygen atoms in total. The van der Waals surface area contributed by atoms with Gasteiger partial charge in [-0.25, -0.2) is 0 Å². The highest BCUT2D eigenvalue weighted by Crippen LogP contribution is 2.39. The van der Waals surface area contributed by atoms with Crippen LogP contribution in [-0.2, 0) is 4.79 Å². The largest absolute Gasteiger partial charge is 0.497 e. The van der Waals surface area contributed by atoms with Crippen LogP contribution in [0.3, 0.4) is 0 Å². The molecule has 0 radical (unpaired) electrons. The number of carbonyl (C=O) groups excluding carboxylic acids is 1. The van der Waals surface area contributed by atoms with E-state index in [1.165, 1.54) is 31.0 Å². The quantitative estimate of drug-likeness (QED) is 0.783. The molecule has 1 aromatic carbocycles. The van der Waals surface area contributed by atoms with Gasteiger partial charge in [0.2, 0.25) is 5.91 Å². The molecule has 140 valence electrons. The summed E-state index contributed by atoms with van der Waals surface area (Å²) in [6.45, 7) is 2.30. The summed E-state index contributed by atoms with van der Waals surface area (Å²) in [5.74, 6) is 2.59. The van der Waals surface area contributed by atoms with Crippen LogP contribution >= 0.6 is 11.8 Å². The Kier molecular flexibility index (Phi) is 6.19. The molecule has 26 heavy (non-hydrogen) atoms. The summed E-state index contributed by atoms with van der Waals surface area (Å²) < 4.78 is 7.51. The number of ether oxygens (including phenoxy) is 1. The number of benzene rings is 1. The molecular formula is C19H26N4O2S. The number of nitrogens with zero attached hydrogens (tertiary/aromatic N) is 3. The Hall–Kier alpha value is -2.02. The molecular weight excluding hydrogens is 348 g/mol. The monoisotopic (exact) mass is 374 g/mol. The molecule has 3 rings (SSSR count). The third kappa shape index (κ3) is 4.03. The number of thioether (sulfide) groups is 1. The first-order valence-corrected chi connectivity index (χ1v) is 10.0. The average molecular weight is 375 g/mol. The van der Waals surface area contributed by atoms with Crippen LogP contribution in [0.25, 0.3) is 11.4 Å². The van der Waals surface area contributed by atoms with Crippen molar-refractivity contribution in [3.05, 3.63) is 24.3 Å². The van der Waals surface area contributed by atoms with Gasteiger partial charge in [0.1, 0.15) is 5.75 Å². The van der Waals surface area contributed by atoms with Gasteiger partial charge in [-0.15, -0.1) is 10.2 Å². The molecule has 1 saturated carbocycles. The standard InChI is InChI=1S/C19H26N4O2S/c1-13-6-4-5-7-16(13)23-18(14-8-10-15(25-3)11-9-14)21-22-19(23)26-12-17(24)20-2/h8-11,13,16H,4-7,12H2,1-3H3,(H,20,24)/t13-,16-/m0/s1. The third-order valence-electron chi connectivity index (χ3n) is 5.02. The molecule has 1 N–H and O–H groups in total. The van der Waals surface area contributed by atoms with Gasteiger partial charge in [0.25, 0.3) is 0 Å². The second-order valence-corrected chi connectivity index (χ2v) is 7.64. The number of rotatable bonds is 6. The molecule has 0 spiro atoms. The number of aromatic nitrogens is 3. The lowest BCUT2D eigenvalue weighted by molar-refractivity contribution is -0.118. The van der Waals surface area contributed by atoms with Crippen LogP contribution in [0.4, 0.5) is 0 Å². The molecule has 2 aromatic rings. The van der Waals surface area contributed by atoms with Crippen molar-refractivity contribution >= 4 is 17.7 Å². The van der Waals surface area contributed by atoms with E-state index in [1.54, 1.807) is 14.2 Å². The second kappa shape index (κ2) is 8.58. The van der Waals surface area contributed by atoms with E-state index in [4.69, 9.17) is 4.74 Å². The molecule has 0 saturated heterocycles. The van der Waals surface area contributed by atoms with Crippen molar-refractivity contribution in [1.29, 1.82) is 0 Å². The van der Waals surface area contributed by atoms with E-state index in [-0.39, 0.29) is 5.91 Å². The molecule has 0 unspecified atom stereocenters. The maximum absolute atomic E-state index is 11.7. The predicted octanol–water partition coefficient (Wildman–Crippen LogP) is 3.54. The summed E-state index contributed by atoms with van der Waals surface area (Å²) in [6.07, 6.45) is 4.83. The lowest BCUT2D eigenvalue weighted by Crippen LogP contribution is -2.23. The lowest BCUT2D eigenvalue weighted by Gasteiger charge is -2.31. The normalized spacial score (nSPS) is 20.0. The van der Waals surface area contributed by atoms with E-state index in [0.29, 0.717) is 17.7 Å². The SMILES string of the molecule is CNC(=O)CSc1nnc(-c2ccc(OC)cc2)n1[C@H]1CCCC[C@@H]1C. The van der Waals surface area contributed by atoms with E-state index in [2.05, 4.69) is 27.0 Å². The minimum absolute atomic E-state index is 0.00719. The van der Waals surface area contributed by atoms with E-state index in [9.17, 15) is 4.79 Å². The first kappa shape index (κ1) is 18.8. The van der Waals surface area contributed by atoms with Crippen LogP contribution in [-0.4, -0.2) is 40.6 Å². The van der Waals surface area contributed by atoms with Gasteiger partial charge < -0.3 is 10.1 Å². The molecule has 7 heteroatoms. The van der Waals surface area contributed by atoms with E-state index >= 15 is 0 Å². The molecule has 1 aliphatic carbocycles. The van der Waals surface area contributed by atoms with Gasteiger partial charge in [0.15, 0.2) is 11.0 Å². The highest BCUT2D eigenvalue weighted by atomic mass is 32.2. The van der Waals surface area contributed by atoms with E-state index in [0.717, 1.165) is 28.7 Å². The van der Waals surface area contributed by atoms with Crippen molar-refractivity contribution in [2.45, 2.75) is 43.8 Å². The van der Waals surface area contributed by atoms with Gasteiger partial charge in [-0.3, -0.25) is 9.36 Å². The Morgan fingerprint density at radius 3 is 2.65 bits per heavy atom. The molecule has 1 aromatic heterocycles. The number of carbonyl (C=O) groups is 1. The highest BCUT2D eigenvalue weighted by Gasteiger charge is 2.28. The van der Waals surface area contributed by atoms with Gasteiger partial charge in [-0.2, -0.15) is 0 Å².